The van der Waals surface area contributed by atoms with Crippen LogP contribution in [0.2, 0.25) is 0 Å². The van der Waals surface area contributed by atoms with Gasteiger partial charge < -0.3 is 9.84 Å². The summed E-state index contributed by atoms with van der Waals surface area (Å²) in [7, 11) is -1.85. The summed E-state index contributed by atoms with van der Waals surface area (Å²) < 4.78 is 47.4. The first-order valence-corrected chi connectivity index (χ1v) is 14.7. The van der Waals surface area contributed by atoms with Gasteiger partial charge in [0.1, 0.15) is 6.17 Å². The minimum atomic E-state index is -3.65. The predicted octanol–water partition coefficient (Wildman–Crippen LogP) is 2.38. The van der Waals surface area contributed by atoms with Crippen LogP contribution in [0, 0.1) is 5.92 Å². The van der Waals surface area contributed by atoms with Gasteiger partial charge in [0.25, 0.3) is 0 Å². The Morgan fingerprint density at radius 3 is 2.00 bits per heavy atom. The van der Waals surface area contributed by atoms with Crippen LogP contribution in [0.1, 0.15) is 70.6 Å². The van der Waals surface area contributed by atoms with Crippen LogP contribution in [0.3, 0.4) is 0 Å². The minimum Gasteiger partial charge on any atom is -0.481 e. The van der Waals surface area contributed by atoms with Gasteiger partial charge in [0.2, 0.25) is 10.0 Å². The van der Waals surface area contributed by atoms with E-state index in [4.69, 9.17) is 4.74 Å². The Bertz CT molecular complexity index is 775. The monoisotopic (exact) mass is 503 g/mol. The van der Waals surface area contributed by atoms with Crippen LogP contribution in [-0.4, -0.2) is 98.2 Å². The van der Waals surface area contributed by atoms with Crippen LogP contribution in [0.25, 0.3) is 0 Å². The molecule has 1 heterocycles. The van der Waals surface area contributed by atoms with E-state index in [2.05, 4.69) is 14.5 Å². The number of nitrogens with zero attached hydrogens (tertiary/aromatic N) is 2. The molecule has 4 aliphatic rings. The third-order valence-electron chi connectivity index (χ3n) is 8.86. The Morgan fingerprint density at radius 2 is 1.44 bits per heavy atom. The van der Waals surface area contributed by atoms with E-state index < -0.39 is 39.4 Å². The number of nitrogens with one attached hydrogen (secondary N) is 1. The Kier molecular flexibility index (Phi) is 8.88. The van der Waals surface area contributed by atoms with Crippen molar-refractivity contribution in [1.82, 2.24) is 14.5 Å². The van der Waals surface area contributed by atoms with E-state index in [-0.39, 0.29) is 18.9 Å². The fraction of sp³-hybridized carbons (Fsp3) is 0.958. The minimum absolute atomic E-state index is 0.176. The van der Waals surface area contributed by atoms with Crippen molar-refractivity contribution in [3.63, 3.8) is 0 Å². The number of carboxylic acid groups (broad SMARTS) is 1. The molecule has 0 aromatic carbocycles. The molecule has 0 aromatic rings. The summed E-state index contributed by atoms with van der Waals surface area (Å²) in [6.07, 6.45) is 7.02. The molecule has 2 N–H and O–H groups in total. The van der Waals surface area contributed by atoms with E-state index in [9.17, 15) is 22.7 Å². The molecule has 196 valence electrons. The zero-order chi connectivity index (χ0) is 24.3. The SMILES string of the molecule is COC1CCC(N2CCN(C3CCC(NS(=O)(=O)C4CCC(F)CC4)C(C(=O)O)C3)CC2)CC1. The zero-order valence-corrected chi connectivity index (χ0v) is 21.2. The summed E-state index contributed by atoms with van der Waals surface area (Å²) in [5.41, 5.74) is 0. The number of ether oxygens (including phenoxy) is 1. The molecular formula is C24H42FN3O5S. The Hall–Kier alpha value is -0.810. The number of sulfonamides is 1. The molecule has 0 radical (unpaired) electrons. The summed E-state index contributed by atoms with van der Waals surface area (Å²) in [5, 5.41) is 9.29. The topological polar surface area (TPSA) is 99.2 Å². The molecule has 0 aromatic heterocycles. The molecular weight excluding hydrogens is 461 g/mol. The normalized spacial score (nSPS) is 39.1. The third kappa shape index (κ3) is 6.30. The standard InChI is InChI=1S/C24H42FN3O5S/c1-33-20-7-4-18(5-8-20)27-12-14-28(15-13-27)19-6-11-23(22(16-19)24(29)30)26-34(31,32)21-9-2-17(25)3-10-21/h17-23,26H,2-16H2,1H3,(H,29,30). The molecule has 3 atom stereocenters. The highest BCUT2D eigenvalue weighted by molar-refractivity contribution is 7.90. The smallest absolute Gasteiger partial charge is 0.308 e. The molecule has 4 fully saturated rings. The molecule has 3 saturated carbocycles. The largest absolute Gasteiger partial charge is 0.481 e. The fourth-order valence-electron chi connectivity index (χ4n) is 6.65. The molecule has 34 heavy (non-hydrogen) atoms. The Labute approximate surface area is 203 Å². The van der Waals surface area contributed by atoms with Crippen LogP contribution >= 0.6 is 0 Å². The molecule has 0 bridgehead atoms. The highest BCUT2D eigenvalue weighted by Gasteiger charge is 2.42. The van der Waals surface area contributed by atoms with Crippen molar-refractivity contribution < 1.29 is 27.4 Å². The average molecular weight is 504 g/mol. The number of piperazine rings is 1. The number of alkyl halides is 1. The number of hydrogen-bond acceptors (Lipinski definition) is 6. The van der Waals surface area contributed by atoms with Gasteiger partial charge >= 0.3 is 5.97 Å². The maximum Gasteiger partial charge on any atom is 0.308 e. The van der Waals surface area contributed by atoms with Gasteiger partial charge in [0.15, 0.2) is 0 Å². The lowest BCUT2D eigenvalue weighted by Gasteiger charge is -2.46. The van der Waals surface area contributed by atoms with Gasteiger partial charge in [-0.15, -0.1) is 0 Å². The van der Waals surface area contributed by atoms with E-state index in [1.54, 1.807) is 7.11 Å². The van der Waals surface area contributed by atoms with Crippen molar-refractivity contribution in [2.45, 2.75) is 106 Å². The second-order valence-electron chi connectivity index (χ2n) is 10.8. The summed E-state index contributed by atoms with van der Waals surface area (Å²) in [4.78, 5) is 17.1. The summed E-state index contributed by atoms with van der Waals surface area (Å²) >= 11 is 0. The van der Waals surface area contributed by atoms with Gasteiger partial charge in [-0.1, -0.05) is 0 Å². The Balaban J connectivity index is 1.28. The van der Waals surface area contributed by atoms with Gasteiger partial charge in [-0.25, -0.2) is 17.5 Å². The summed E-state index contributed by atoms with van der Waals surface area (Å²) in [6, 6.07) is 0.215. The van der Waals surface area contributed by atoms with Gasteiger partial charge in [-0.2, -0.15) is 0 Å². The van der Waals surface area contributed by atoms with Crippen molar-refractivity contribution in [1.29, 1.82) is 0 Å². The average Bonchev–Trinajstić information content (AvgIpc) is 2.84. The summed E-state index contributed by atoms with van der Waals surface area (Å²) in [6.45, 7) is 3.88. The van der Waals surface area contributed by atoms with E-state index in [0.29, 0.717) is 37.8 Å². The predicted molar refractivity (Wildman–Crippen MR) is 128 cm³/mol. The lowest BCUT2D eigenvalue weighted by molar-refractivity contribution is -0.144. The maximum atomic E-state index is 13.4. The first-order chi connectivity index (χ1) is 16.3. The first kappa shape index (κ1) is 26.3. The molecule has 0 spiro atoms. The van der Waals surface area contributed by atoms with Gasteiger partial charge in [0, 0.05) is 51.4 Å². The van der Waals surface area contributed by atoms with E-state index >= 15 is 0 Å². The van der Waals surface area contributed by atoms with Crippen LogP contribution in [-0.2, 0) is 19.6 Å². The second-order valence-corrected chi connectivity index (χ2v) is 12.8. The fourth-order valence-corrected chi connectivity index (χ4v) is 8.44. The van der Waals surface area contributed by atoms with Crippen molar-refractivity contribution in [2.24, 2.45) is 5.92 Å². The molecule has 1 aliphatic heterocycles. The maximum absolute atomic E-state index is 13.4. The van der Waals surface area contributed by atoms with Crippen molar-refractivity contribution in [2.75, 3.05) is 33.3 Å². The highest BCUT2D eigenvalue weighted by Crippen LogP contribution is 2.33. The van der Waals surface area contributed by atoms with Crippen LogP contribution < -0.4 is 4.72 Å². The number of rotatable bonds is 7. The molecule has 8 nitrogen and oxygen atoms in total. The van der Waals surface area contributed by atoms with Crippen molar-refractivity contribution in [3.8, 4) is 0 Å². The van der Waals surface area contributed by atoms with Gasteiger partial charge in [0.05, 0.1) is 17.3 Å². The lowest BCUT2D eigenvalue weighted by Crippen LogP contribution is -2.57. The molecule has 4 rings (SSSR count). The van der Waals surface area contributed by atoms with Crippen LogP contribution in [0.5, 0.6) is 0 Å². The molecule has 3 unspecified atom stereocenters. The lowest BCUT2D eigenvalue weighted by atomic mass is 9.81. The van der Waals surface area contributed by atoms with E-state index in [1.165, 1.54) is 12.8 Å². The van der Waals surface area contributed by atoms with Crippen molar-refractivity contribution >= 4 is 16.0 Å². The van der Waals surface area contributed by atoms with E-state index in [0.717, 1.165) is 45.4 Å². The molecule has 1 saturated heterocycles. The van der Waals surface area contributed by atoms with Gasteiger partial charge in [-0.05, 0) is 70.6 Å². The number of aliphatic carboxylic acids is 1. The number of methoxy groups -OCH3 is 1. The molecule has 3 aliphatic carbocycles. The van der Waals surface area contributed by atoms with Gasteiger partial charge in [-0.3, -0.25) is 14.6 Å². The molecule has 10 heteroatoms. The number of halogens is 1. The highest BCUT2D eigenvalue weighted by atomic mass is 32.2. The van der Waals surface area contributed by atoms with Crippen LogP contribution in [0.15, 0.2) is 0 Å². The number of carbonyl (C=O) groups is 1. The van der Waals surface area contributed by atoms with Crippen LogP contribution in [0.4, 0.5) is 4.39 Å². The third-order valence-corrected chi connectivity index (χ3v) is 10.8. The van der Waals surface area contributed by atoms with E-state index in [1.807, 2.05) is 0 Å². The molecule has 0 amide bonds. The van der Waals surface area contributed by atoms with Crippen molar-refractivity contribution in [3.05, 3.63) is 0 Å². The first-order valence-electron chi connectivity index (χ1n) is 13.2. The zero-order valence-electron chi connectivity index (χ0n) is 20.4. The quantitative estimate of drug-likeness (QED) is 0.550. The summed E-state index contributed by atoms with van der Waals surface area (Å²) in [5.74, 6) is -1.66. The second kappa shape index (κ2) is 11.5. The Morgan fingerprint density at radius 1 is 0.882 bits per heavy atom. The number of carboxylic acids is 1. The number of hydrogen-bond donors (Lipinski definition) is 2.